The van der Waals surface area contributed by atoms with Crippen molar-refractivity contribution >= 4 is 29.1 Å². The molecule has 1 aliphatic rings. The van der Waals surface area contributed by atoms with E-state index in [0.29, 0.717) is 29.2 Å². The number of halogens is 1. The van der Waals surface area contributed by atoms with Crippen molar-refractivity contribution in [2.24, 2.45) is 0 Å². The van der Waals surface area contributed by atoms with Crippen LogP contribution in [0.1, 0.15) is 24.8 Å². The lowest BCUT2D eigenvalue weighted by atomic mass is 10.1. The zero-order valence-electron chi connectivity index (χ0n) is 17.1. The van der Waals surface area contributed by atoms with Crippen LogP contribution in [0.15, 0.2) is 60.7 Å². The van der Waals surface area contributed by atoms with Crippen molar-refractivity contribution in [3.8, 4) is 11.6 Å². The van der Waals surface area contributed by atoms with E-state index in [0.717, 1.165) is 37.3 Å². The van der Waals surface area contributed by atoms with E-state index in [-0.39, 0.29) is 5.82 Å². The number of benzene rings is 2. The maximum absolute atomic E-state index is 13.1. The molecule has 1 saturated heterocycles. The number of rotatable bonds is 6. The molecule has 0 spiro atoms. The lowest BCUT2D eigenvalue weighted by Crippen LogP contribution is -2.31. The highest BCUT2D eigenvalue weighted by Crippen LogP contribution is 2.26. The van der Waals surface area contributed by atoms with Crippen molar-refractivity contribution in [2.75, 3.05) is 23.3 Å². The molecule has 0 radical (unpaired) electrons. The molecule has 2 aromatic carbocycles. The van der Waals surface area contributed by atoms with Gasteiger partial charge in [0.05, 0.1) is 0 Å². The summed E-state index contributed by atoms with van der Waals surface area (Å²) in [5, 5.41) is 6.53. The van der Waals surface area contributed by atoms with E-state index >= 15 is 0 Å². The van der Waals surface area contributed by atoms with Crippen LogP contribution >= 0.6 is 12.2 Å². The molecular weight excluding hydrogens is 413 g/mol. The molecule has 8 heteroatoms. The maximum Gasteiger partial charge on any atom is 0.234 e. The molecule has 6 nitrogen and oxygen atoms in total. The van der Waals surface area contributed by atoms with Crippen LogP contribution in [0.5, 0.6) is 11.6 Å². The molecule has 0 amide bonds. The Labute approximate surface area is 186 Å². The summed E-state index contributed by atoms with van der Waals surface area (Å²) in [4.78, 5) is 11.4. The van der Waals surface area contributed by atoms with Crippen LogP contribution in [0.3, 0.4) is 0 Å². The molecule has 31 heavy (non-hydrogen) atoms. The van der Waals surface area contributed by atoms with Crippen LogP contribution in [0, 0.1) is 5.82 Å². The van der Waals surface area contributed by atoms with Crippen LogP contribution in [0.25, 0.3) is 0 Å². The summed E-state index contributed by atoms with van der Waals surface area (Å²) in [7, 11) is 0. The van der Waals surface area contributed by atoms with Gasteiger partial charge in [-0.1, -0.05) is 30.3 Å². The van der Waals surface area contributed by atoms with Gasteiger partial charge in [0.25, 0.3) is 0 Å². The third-order valence-electron chi connectivity index (χ3n) is 4.93. The summed E-state index contributed by atoms with van der Waals surface area (Å²) < 4.78 is 19.0. The summed E-state index contributed by atoms with van der Waals surface area (Å²) in [6.07, 6.45) is 3.51. The lowest BCUT2D eigenvalue weighted by molar-refractivity contribution is 0.461. The zero-order valence-corrected chi connectivity index (χ0v) is 17.9. The topological polar surface area (TPSA) is 62.3 Å². The number of piperidine rings is 1. The molecule has 0 saturated carbocycles. The van der Waals surface area contributed by atoms with Crippen LogP contribution in [-0.2, 0) is 6.54 Å². The molecule has 3 aromatic rings. The first-order valence-electron chi connectivity index (χ1n) is 10.3. The molecule has 0 unspecified atom stereocenters. The summed E-state index contributed by atoms with van der Waals surface area (Å²) in [5.41, 5.74) is 0.918. The molecule has 2 N–H and O–H groups in total. The van der Waals surface area contributed by atoms with Gasteiger partial charge in [-0.3, -0.25) is 0 Å². The largest absolute Gasteiger partial charge is 0.439 e. The van der Waals surface area contributed by atoms with Gasteiger partial charge in [0.15, 0.2) is 5.11 Å². The highest BCUT2D eigenvalue weighted by Gasteiger charge is 2.16. The second kappa shape index (κ2) is 10.2. The van der Waals surface area contributed by atoms with Crippen molar-refractivity contribution in [1.82, 2.24) is 15.3 Å². The van der Waals surface area contributed by atoms with Gasteiger partial charge in [-0.05, 0) is 61.3 Å². The average Bonchev–Trinajstić information content (AvgIpc) is 2.80. The fraction of sp³-hybridized carbons (Fsp3) is 0.261. The number of ether oxygens (including phenoxy) is 1. The van der Waals surface area contributed by atoms with Gasteiger partial charge < -0.3 is 20.3 Å². The fourth-order valence-electron chi connectivity index (χ4n) is 3.35. The van der Waals surface area contributed by atoms with Gasteiger partial charge in [-0.2, -0.15) is 9.97 Å². The number of nitrogens with one attached hydrogen (secondary N) is 2. The Balaban J connectivity index is 1.48. The molecule has 2 heterocycles. The maximum atomic E-state index is 13.1. The number of para-hydroxylation sites is 1. The third kappa shape index (κ3) is 6.11. The van der Waals surface area contributed by atoms with E-state index in [4.69, 9.17) is 17.0 Å². The summed E-state index contributed by atoms with van der Waals surface area (Å²) in [6, 6.07) is 17.6. The number of nitrogens with zero attached hydrogens (tertiary/aromatic N) is 3. The van der Waals surface area contributed by atoms with Crippen molar-refractivity contribution in [3.63, 3.8) is 0 Å². The van der Waals surface area contributed by atoms with Gasteiger partial charge in [-0.15, -0.1) is 0 Å². The number of aromatic nitrogens is 2. The van der Waals surface area contributed by atoms with Crippen molar-refractivity contribution < 1.29 is 9.13 Å². The van der Waals surface area contributed by atoms with Gasteiger partial charge >= 0.3 is 0 Å². The van der Waals surface area contributed by atoms with Crippen molar-refractivity contribution in [1.29, 1.82) is 0 Å². The first-order chi connectivity index (χ1) is 15.2. The molecular formula is C23H24FN5OS. The van der Waals surface area contributed by atoms with Crippen LogP contribution < -0.4 is 20.3 Å². The Kier molecular flexibility index (Phi) is 6.89. The van der Waals surface area contributed by atoms with E-state index in [9.17, 15) is 4.39 Å². The number of anilines is 2. The Bertz CT molecular complexity index is 1010. The molecule has 0 bridgehead atoms. The predicted molar refractivity (Wildman–Crippen MR) is 124 cm³/mol. The fourth-order valence-corrected chi connectivity index (χ4v) is 3.51. The Morgan fingerprint density at radius 3 is 2.48 bits per heavy atom. The molecule has 1 fully saturated rings. The predicted octanol–water partition coefficient (Wildman–Crippen LogP) is 4.88. The quantitative estimate of drug-likeness (QED) is 0.533. The first-order valence-corrected chi connectivity index (χ1v) is 10.7. The second-order valence-corrected chi connectivity index (χ2v) is 7.69. The zero-order chi connectivity index (χ0) is 21.5. The number of thiocarbonyl (C=S) groups is 1. The Hall–Kier alpha value is -3.26. The summed E-state index contributed by atoms with van der Waals surface area (Å²) >= 11 is 5.40. The smallest absolute Gasteiger partial charge is 0.234 e. The van der Waals surface area contributed by atoms with E-state index in [2.05, 4.69) is 25.5 Å². The van der Waals surface area contributed by atoms with Gasteiger partial charge in [-0.25, -0.2) is 4.39 Å². The lowest BCUT2D eigenvalue weighted by Gasteiger charge is -2.28. The van der Waals surface area contributed by atoms with E-state index < -0.39 is 0 Å². The summed E-state index contributed by atoms with van der Waals surface area (Å²) in [5.74, 6) is 2.06. The SMILES string of the molecule is Fc1ccc(CNC(=S)Nc2nc(Oc3ccccc3)cc(N3CCCCC3)n2)cc1. The average molecular weight is 438 g/mol. The minimum absolute atomic E-state index is 0.265. The number of hydrogen-bond acceptors (Lipinski definition) is 5. The second-order valence-electron chi connectivity index (χ2n) is 7.28. The van der Waals surface area contributed by atoms with Gasteiger partial charge in [0, 0.05) is 25.7 Å². The molecule has 4 rings (SSSR count). The number of hydrogen-bond donors (Lipinski definition) is 2. The molecule has 0 aliphatic carbocycles. The molecule has 160 valence electrons. The van der Waals surface area contributed by atoms with E-state index in [1.165, 1.54) is 18.6 Å². The van der Waals surface area contributed by atoms with Crippen molar-refractivity contribution in [2.45, 2.75) is 25.8 Å². The molecule has 1 aliphatic heterocycles. The minimum Gasteiger partial charge on any atom is -0.439 e. The Morgan fingerprint density at radius 2 is 1.74 bits per heavy atom. The van der Waals surface area contributed by atoms with E-state index in [1.807, 2.05) is 36.4 Å². The minimum atomic E-state index is -0.265. The highest BCUT2D eigenvalue weighted by atomic mass is 32.1. The first kappa shape index (κ1) is 21.0. The normalized spacial score (nSPS) is 13.5. The van der Waals surface area contributed by atoms with Crippen LogP contribution in [-0.4, -0.2) is 28.2 Å². The van der Waals surface area contributed by atoms with Crippen LogP contribution in [0.2, 0.25) is 0 Å². The standard InChI is InChI=1S/C23H24FN5OS/c24-18-11-9-17(10-12-18)16-25-23(31)28-22-26-20(29-13-5-2-6-14-29)15-21(27-22)30-19-7-3-1-4-8-19/h1,3-4,7-12,15H,2,5-6,13-14,16H2,(H2,25,26,27,28,31). The third-order valence-corrected chi connectivity index (χ3v) is 5.17. The van der Waals surface area contributed by atoms with Gasteiger partial charge in [0.1, 0.15) is 17.4 Å². The van der Waals surface area contributed by atoms with Crippen LogP contribution in [0.4, 0.5) is 16.2 Å². The molecule has 0 atom stereocenters. The Morgan fingerprint density at radius 1 is 1.00 bits per heavy atom. The van der Waals surface area contributed by atoms with Gasteiger partial charge in [0.2, 0.25) is 11.8 Å². The molecule has 1 aromatic heterocycles. The van der Waals surface area contributed by atoms with E-state index in [1.54, 1.807) is 12.1 Å². The van der Waals surface area contributed by atoms with Crippen molar-refractivity contribution in [3.05, 3.63) is 72.0 Å². The highest BCUT2D eigenvalue weighted by molar-refractivity contribution is 7.80. The summed E-state index contributed by atoms with van der Waals surface area (Å²) in [6.45, 7) is 2.37. The monoisotopic (exact) mass is 437 g/mol.